The molecular weight excluding hydrogens is 250 g/mol. The molecule has 1 aromatic carbocycles. The molecule has 0 aliphatic carbocycles. The second-order valence-corrected chi connectivity index (χ2v) is 5.14. The molecule has 2 rings (SSSR count). The van der Waals surface area contributed by atoms with Crippen LogP contribution in [0, 0.1) is 5.92 Å². The number of halogens is 1. The fourth-order valence-electron chi connectivity index (χ4n) is 1.95. The van der Waals surface area contributed by atoms with Crippen LogP contribution in [0.1, 0.15) is 19.7 Å². The Morgan fingerprint density at radius 2 is 2.17 bits per heavy atom. The molecule has 1 heterocycles. The predicted molar refractivity (Wildman–Crippen MR) is 73.7 cm³/mol. The molecule has 0 aliphatic heterocycles. The summed E-state index contributed by atoms with van der Waals surface area (Å²) in [5.74, 6) is 0.968. The van der Waals surface area contributed by atoms with Gasteiger partial charge in [-0.2, -0.15) is 0 Å². The van der Waals surface area contributed by atoms with Crippen molar-refractivity contribution in [2.45, 2.75) is 26.9 Å². The van der Waals surface area contributed by atoms with E-state index in [4.69, 9.17) is 17.3 Å². The first kappa shape index (κ1) is 13.1. The van der Waals surface area contributed by atoms with Gasteiger partial charge in [-0.25, -0.2) is 4.98 Å². The number of nitrogens with zero attached hydrogens (tertiary/aromatic N) is 2. The van der Waals surface area contributed by atoms with Crippen LogP contribution in [0.3, 0.4) is 0 Å². The summed E-state index contributed by atoms with van der Waals surface area (Å²) in [4.78, 5) is 16.8. The third-order valence-corrected chi connectivity index (χ3v) is 2.96. The van der Waals surface area contributed by atoms with Crippen molar-refractivity contribution in [3.63, 3.8) is 0 Å². The highest BCUT2D eigenvalue weighted by Gasteiger charge is 2.11. The minimum Gasteiger partial charge on any atom is -0.324 e. The largest absolute Gasteiger partial charge is 0.324 e. The van der Waals surface area contributed by atoms with E-state index >= 15 is 0 Å². The summed E-state index contributed by atoms with van der Waals surface area (Å²) in [5, 5.41) is 1.08. The van der Waals surface area contributed by atoms with Crippen LogP contribution in [0.2, 0.25) is 5.02 Å². The van der Waals surface area contributed by atoms with Crippen molar-refractivity contribution >= 4 is 22.5 Å². The summed E-state index contributed by atoms with van der Waals surface area (Å²) < 4.78 is 1.64. The number of fused-ring (bicyclic) bond motifs is 1. The van der Waals surface area contributed by atoms with Gasteiger partial charge in [-0.3, -0.25) is 9.36 Å². The monoisotopic (exact) mass is 265 g/mol. The number of hydrogen-bond acceptors (Lipinski definition) is 3. The quantitative estimate of drug-likeness (QED) is 0.925. The Morgan fingerprint density at radius 1 is 1.44 bits per heavy atom. The highest BCUT2D eigenvalue weighted by molar-refractivity contribution is 6.31. The van der Waals surface area contributed by atoms with E-state index in [0.717, 1.165) is 0 Å². The molecule has 0 atom stereocenters. The first-order valence-electron chi connectivity index (χ1n) is 5.92. The summed E-state index contributed by atoms with van der Waals surface area (Å²) in [5.41, 5.74) is 6.24. The van der Waals surface area contributed by atoms with Gasteiger partial charge in [0.15, 0.2) is 0 Å². The zero-order valence-electron chi connectivity index (χ0n) is 10.5. The lowest BCUT2D eigenvalue weighted by Gasteiger charge is -2.14. The van der Waals surface area contributed by atoms with Gasteiger partial charge >= 0.3 is 0 Å². The molecule has 0 fully saturated rings. The highest BCUT2D eigenvalue weighted by atomic mass is 35.5. The van der Waals surface area contributed by atoms with Gasteiger partial charge in [0, 0.05) is 11.6 Å². The topological polar surface area (TPSA) is 60.9 Å². The van der Waals surface area contributed by atoms with Crippen LogP contribution in [-0.2, 0) is 13.1 Å². The maximum Gasteiger partial charge on any atom is 0.261 e. The van der Waals surface area contributed by atoms with Gasteiger partial charge in [-0.05, 0) is 24.1 Å². The molecule has 0 aliphatic rings. The maximum absolute atomic E-state index is 12.4. The fourth-order valence-corrected chi connectivity index (χ4v) is 2.12. The van der Waals surface area contributed by atoms with Crippen LogP contribution in [0.15, 0.2) is 23.0 Å². The molecule has 18 heavy (non-hydrogen) atoms. The minimum absolute atomic E-state index is 0.0725. The molecule has 4 nitrogen and oxygen atoms in total. The average Bonchev–Trinajstić information content (AvgIpc) is 2.33. The van der Waals surface area contributed by atoms with Gasteiger partial charge in [0.1, 0.15) is 5.82 Å². The zero-order valence-corrected chi connectivity index (χ0v) is 11.2. The molecule has 1 aromatic heterocycles. The number of benzene rings is 1. The smallest absolute Gasteiger partial charge is 0.261 e. The predicted octanol–water partition coefficient (Wildman–Crippen LogP) is 2.16. The number of aromatic nitrogens is 2. The van der Waals surface area contributed by atoms with Crippen LogP contribution >= 0.6 is 11.6 Å². The van der Waals surface area contributed by atoms with Gasteiger partial charge in [0.05, 0.1) is 17.4 Å². The van der Waals surface area contributed by atoms with Crippen molar-refractivity contribution in [1.82, 2.24) is 9.55 Å². The van der Waals surface area contributed by atoms with E-state index < -0.39 is 0 Å². The molecule has 0 amide bonds. The number of hydrogen-bond donors (Lipinski definition) is 1. The molecular formula is C13H16ClN3O. The summed E-state index contributed by atoms with van der Waals surface area (Å²) in [6, 6.07) is 5.13. The summed E-state index contributed by atoms with van der Waals surface area (Å²) in [6.45, 7) is 4.96. The van der Waals surface area contributed by atoms with Crippen molar-refractivity contribution in [3.8, 4) is 0 Å². The van der Waals surface area contributed by atoms with E-state index in [-0.39, 0.29) is 12.1 Å². The second-order valence-electron chi connectivity index (χ2n) is 4.70. The molecule has 2 N–H and O–H groups in total. The normalized spacial score (nSPS) is 11.4. The Hall–Kier alpha value is -1.39. The van der Waals surface area contributed by atoms with Gasteiger partial charge in [0.2, 0.25) is 0 Å². The van der Waals surface area contributed by atoms with Gasteiger partial charge < -0.3 is 5.73 Å². The molecule has 0 saturated heterocycles. The Kier molecular flexibility index (Phi) is 3.68. The Balaban J connectivity index is 2.75. The molecule has 0 radical (unpaired) electrons. The molecule has 2 aromatic rings. The van der Waals surface area contributed by atoms with E-state index in [0.29, 0.717) is 34.2 Å². The number of rotatable bonds is 3. The minimum atomic E-state index is -0.0725. The second kappa shape index (κ2) is 5.08. The van der Waals surface area contributed by atoms with Crippen molar-refractivity contribution < 1.29 is 0 Å². The Labute approximate surface area is 110 Å². The lowest BCUT2D eigenvalue weighted by Crippen LogP contribution is -2.28. The fraction of sp³-hybridized carbons (Fsp3) is 0.385. The van der Waals surface area contributed by atoms with E-state index in [1.807, 2.05) is 0 Å². The summed E-state index contributed by atoms with van der Waals surface area (Å²) >= 11 is 5.92. The lowest BCUT2D eigenvalue weighted by molar-refractivity contribution is 0.490. The molecule has 0 unspecified atom stereocenters. The third kappa shape index (κ3) is 2.40. The molecule has 0 bridgehead atoms. The standard InChI is InChI=1S/C13H16ClN3O/c1-8(2)7-17-12(6-15)16-11-4-3-9(14)5-10(11)13(17)18/h3-5,8H,6-7,15H2,1-2H3. The average molecular weight is 266 g/mol. The lowest BCUT2D eigenvalue weighted by atomic mass is 10.2. The van der Waals surface area contributed by atoms with E-state index in [9.17, 15) is 4.79 Å². The zero-order chi connectivity index (χ0) is 13.3. The van der Waals surface area contributed by atoms with Gasteiger partial charge in [-0.15, -0.1) is 0 Å². The third-order valence-electron chi connectivity index (χ3n) is 2.73. The number of nitrogens with two attached hydrogens (primary N) is 1. The van der Waals surface area contributed by atoms with Crippen molar-refractivity contribution in [3.05, 3.63) is 39.4 Å². The molecule has 96 valence electrons. The summed E-state index contributed by atoms with van der Waals surface area (Å²) in [6.07, 6.45) is 0. The van der Waals surface area contributed by atoms with E-state index in [1.165, 1.54) is 0 Å². The molecule has 0 saturated carbocycles. The van der Waals surface area contributed by atoms with Gasteiger partial charge in [0.25, 0.3) is 5.56 Å². The van der Waals surface area contributed by atoms with Crippen LogP contribution in [0.5, 0.6) is 0 Å². The van der Waals surface area contributed by atoms with Crippen molar-refractivity contribution in [1.29, 1.82) is 0 Å². The van der Waals surface area contributed by atoms with Gasteiger partial charge in [-0.1, -0.05) is 25.4 Å². The van der Waals surface area contributed by atoms with E-state index in [2.05, 4.69) is 18.8 Å². The summed E-state index contributed by atoms with van der Waals surface area (Å²) in [7, 11) is 0. The highest BCUT2D eigenvalue weighted by Crippen LogP contribution is 2.15. The van der Waals surface area contributed by atoms with Crippen LogP contribution in [0.25, 0.3) is 10.9 Å². The molecule has 5 heteroatoms. The first-order chi connectivity index (χ1) is 8.52. The Bertz CT molecular complexity index is 634. The van der Waals surface area contributed by atoms with Crippen molar-refractivity contribution in [2.75, 3.05) is 0 Å². The van der Waals surface area contributed by atoms with Crippen molar-refractivity contribution in [2.24, 2.45) is 11.7 Å². The molecule has 0 spiro atoms. The van der Waals surface area contributed by atoms with Crippen LogP contribution in [-0.4, -0.2) is 9.55 Å². The maximum atomic E-state index is 12.4. The first-order valence-corrected chi connectivity index (χ1v) is 6.29. The van der Waals surface area contributed by atoms with Crippen LogP contribution in [0.4, 0.5) is 0 Å². The SMILES string of the molecule is CC(C)Cn1c(CN)nc2ccc(Cl)cc2c1=O. The van der Waals surface area contributed by atoms with Crippen LogP contribution < -0.4 is 11.3 Å². The Morgan fingerprint density at radius 3 is 2.78 bits per heavy atom. The van der Waals surface area contributed by atoms with E-state index in [1.54, 1.807) is 22.8 Å².